The van der Waals surface area contributed by atoms with Crippen LogP contribution in [0, 0.1) is 53.3 Å². The predicted molar refractivity (Wildman–Crippen MR) is 168 cm³/mol. The number of aliphatic hydroxyl groups is 1. The molecule has 9 N–H and O–H groups in total. The first-order valence-corrected chi connectivity index (χ1v) is 18.9. The summed E-state index contributed by atoms with van der Waals surface area (Å²) in [5.41, 5.74) is 0. The molecule has 0 spiro atoms. The van der Waals surface area contributed by atoms with Crippen LogP contribution in [-0.2, 0) is 16.8 Å². The van der Waals surface area contributed by atoms with Gasteiger partial charge in [-0.05, 0) is 111 Å². The molecule has 0 aromatic carbocycles. The molecular weight excluding hydrogens is 595 g/mol. The van der Waals surface area contributed by atoms with Gasteiger partial charge in [0.15, 0.2) is 0 Å². The van der Waals surface area contributed by atoms with Crippen LogP contribution in [0.3, 0.4) is 0 Å². The van der Waals surface area contributed by atoms with Gasteiger partial charge in [-0.3, -0.25) is 42.5 Å². The third-order valence-corrected chi connectivity index (χ3v) is 14.5. The molecular formula is C34H60CoN8O. The fourth-order valence-corrected chi connectivity index (χ4v) is 12.7. The first-order chi connectivity index (χ1) is 21.2. The van der Waals surface area contributed by atoms with E-state index in [4.69, 9.17) is 0 Å². The minimum absolute atomic E-state index is 0. The van der Waals surface area contributed by atoms with Crippen molar-refractivity contribution in [3.8, 4) is 0 Å². The van der Waals surface area contributed by atoms with Gasteiger partial charge in [0.2, 0.25) is 0 Å². The molecule has 8 bridgehead atoms. The Morgan fingerprint density at radius 3 is 1.00 bits per heavy atom. The average molecular weight is 656 g/mol. The van der Waals surface area contributed by atoms with Gasteiger partial charge in [0.05, 0.1) is 49.3 Å². The summed E-state index contributed by atoms with van der Waals surface area (Å²) < 4.78 is 0. The van der Waals surface area contributed by atoms with E-state index < -0.39 is 0 Å². The Kier molecular flexibility index (Phi) is 9.44. The number of hydrogen-bond acceptors (Lipinski definition) is 9. The summed E-state index contributed by atoms with van der Waals surface area (Å²) in [7, 11) is 0. The van der Waals surface area contributed by atoms with Crippen molar-refractivity contribution in [3.05, 3.63) is 0 Å². The SMILES string of the molecule is OCCC1CCCC2C3NC4NC(NC5NC(NC6NC(NC(N3)C12)C1CCCCC61)C1CCCCC51)C1CCCCC41.[Co]. The summed E-state index contributed by atoms with van der Waals surface area (Å²) in [5.74, 6) is 6.01. The summed E-state index contributed by atoms with van der Waals surface area (Å²) in [6, 6.07) is 0. The van der Waals surface area contributed by atoms with Crippen LogP contribution < -0.4 is 42.5 Å². The molecule has 9 rings (SSSR count). The minimum atomic E-state index is 0. The third-order valence-electron chi connectivity index (χ3n) is 14.5. The van der Waals surface area contributed by atoms with Gasteiger partial charge in [-0.1, -0.05) is 44.9 Å². The van der Waals surface area contributed by atoms with Gasteiger partial charge < -0.3 is 5.11 Å². The Morgan fingerprint density at radius 2 is 0.659 bits per heavy atom. The standard InChI is InChI=1S/C34H60N8O.Co/c43-17-16-18-8-7-15-25-26(18)34-41-32-24-14-6-5-13-23(24)30(39-32)37-28-20-10-2-1-9-19(20)27(35-28)36-29-21-11-3-4-12-22(21)31(38-29)40-33(25)42-34;/h18-43H,1-17H2;. The van der Waals surface area contributed by atoms with Crippen molar-refractivity contribution in [2.24, 2.45) is 53.3 Å². The van der Waals surface area contributed by atoms with E-state index >= 15 is 0 Å². The summed E-state index contributed by atoms with van der Waals surface area (Å²) >= 11 is 0. The van der Waals surface area contributed by atoms with Gasteiger partial charge in [0.1, 0.15) is 0 Å². The van der Waals surface area contributed by atoms with Crippen molar-refractivity contribution in [3.63, 3.8) is 0 Å². The van der Waals surface area contributed by atoms with E-state index in [0.717, 1.165) is 18.3 Å². The first kappa shape index (κ1) is 31.4. The zero-order valence-corrected chi connectivity index (χ0v) is 27.7. The summed E-state index contributed by atoms with van der Waals surface area (Å²) in [6.07, 6.45) is 24.0. The van der Waals surface area contributed by atoms with Crippen LogP contribution in [0.25, 0.3) is 0 Å². The zero-order valence-electron chi connectivity index (χ0n) is 26.6. The summed E-state index contributed by atoms with van der Waals surface area (Å²) in [4.78, 5) is 0. The third kappa shape index (κ3) is 5.48. The van der Waals surface area contributed by atoms with E-state index in [1.54, 1.807) is 0 Å². The second-order valence-corrected chi connectivity index (χ2v) is 16.4. The number of fused-ring (bicyclic) bond motifs is 20. The van der Waals surface area contributed by atoms with Crippen molar-refractivity contribution in [2.75, 3.05) is 6.61 Å². The quantitative estimate of drug-likeness (QED) is 0.221. The molecule has 5 heterocycles. The molecule has 44 heavy (non-hydrogen) atoms. The fourth-order valence-electron chi connectivity index (χ4n) is 12.7. The van der Waals surface area contributed by atoms with Gasteiger partial charge in [0.25, 0.3) is 0 Å². The van der Waals surface area contributed by atoms with E-state index in [2.05, 4.69) is 42.5 Å². The number of hydrogen-bond donors (Lipinski definition) is 9. The molecule has 9 aliphatic rings. The molecule has 9 nitrogen and oxygen atoms in total. The maximum absolute atomic E-state index is 10.1. The van der Waals surface area contributed by atoms with Crippen molar-refractivity contribution < 1.29 is 21.9 Å². The Balaban J connectivity index is 0.00000289. The molecule has 4 saturated carbocycles. The Labute approximate surface area is 275 Å². The average Bonchev–Trinajstić information content (AvgIpc) is 3.77. The van der Waals surface area contributed by atoms with Crippen LogP contribution in [0.1, 0.15) is 103 Å². The van der Waals surface area contributed by atoms with E-state index in [1.165, 1.54) is 96.3 Å². The van der Waals surface area contributed by atoms with Crippen molar-refractivity contribution in [1.29, 1.82) is 0 Å². The largest absolute Gasteiger partial charge is 0.396 e. The molecule has 17 unspecified atom stereocenters. The van der Waals surface area contributed by atoms with Crippen LogP contribution in [-0.4, -0.2) is 61.0 Å². The van der Waals surface area contributed by atoms with Crippen LogP contribution in [0.15, 0.2) is 0 Å². The van der Waals surface area contributed by atoms with Gasteiger partial charge in [-0.25, -0.2) is 0 Å². The topological polar surface area (TPSA) is 116 Å². The van der Waals surface area contributed by atoms with Gasteiger partial charge in [0, 0.05) is 23.4 Å². The van der Waals surface area contributed by atoms with E-state index in [0.29, 0.717) is 97.4 Å². The molecule has 10 heteroatoms. The molecule has 5 saturated heterocycles. The molecule has 17 atom stereocenters. The Bertz CT molecular complexity index is 989. The molecule has 0 amide bonds. The molecule has 9 fully saturated rings. The Hall–Kier alpha value is 0.146. The smallest absolute Gasteiger partial charge is 0.0631 e. The van der Waals surface area contributed by atoms with E-state index in [1.807, 2.05) is 0 Å². The van der Waals surface area contributed by atoms with Crippen molar-refractivity contribution in [2.45, 2.75) is 152 Å². The summed E-state index contributed by atoms with van der Waals surface area (Å²) in [6.45, 7) is 0.316. The van der Waals surface area contributed by atoms with E-state index in [9.17, 15) is 5.11 Å². The Morgan fingerprint density at radius 1 is 0.364 bits per heavy atom. The molecule has 251 valence electrons. The van der Waals surface area contributed by atoms with Crippen molar-refractivity contribution >= 4 is 0 Å². The number of rotatable bonds is 2. The van der Waals surface area contributed by atoms with Crippen LogP contribution in [0.2, 0.25) is 0 Å². The molecule has 0 aromatic rings. The normalized spacial score (nSPS) is 54.9. The second kappa shape index (κ2) is 13.2. The number of nitrogens with one attached hydrogen (secondary N) is 8. The van der Waals surface area contributed by atoms with Crippen LogP contribution >= 0.6 is 0 Å². The second-order valence-electron chi connectivity index (χ2n) is 16.4. The molecule has 4 aliphatic carbocycles. The molecule has 0 aromatic heterocycles. The minimum Gasteiger partial charge on any atom is -0.396 e. The molecule has 5 aliphatic heterocycles. The molecule has 1 radical (unpaired) electrons. The van der Waals surface area contributed by atoms with E-state index in [-0.39, 0.29) is 16.8 Å². The van der Waals surface area contributed by atoms with Crippen molar-refractivity contribution in [1.82, 2.24) is 42.5 Å². The van der Waals surface area contributed by atoms with Crippen LogP contribution in [0.5, 0.6) is 0 Å². The zero-order chi connectivity index (χ0) is 28.5. The van der Waals surface area contributed by atoms with Gasteiger partial charge in [-0.2, -0.15) is 0 Å². The fraction of sp³-hybridized carbons (Fsp3) is 1.00. The monoisotopic (exact) mass is 655 g/mol. The maximum Gasteiger partial charge on any atom is 0.0631 e. The predicted octanol–water partition coefficient (Wildman–Crippen LogP) is 2.21. The number of aliphatic hydroxyl groups excluding tert-OH is 1. The first-order valence-electron chi connectivity index (χ1n) is 18.9. The van der Waals surface area contributed by atoms with Gasteiger partial charge in [-0.15, -0.1) is 0 Å². The van der Waals surface area contributed by atoms with Gasteiger partial charge >= 0.3 is 0 Å². The van der Waals surface area contributed by atoms with Crippen LogP contribution in [0.4, 0.5) is 0 Å². The maximum atomic E-state index is 10.1. The summed E-state index contributed by atoms with van der Waals surface area (Å²) in [5, 5.41) is 43.9.